The van der Waals surface area contributed by atoms with Gasteiger partial charge in [-0.25, -0.2) is 0 Å². The number of hydrogen-bond acceptors (Lipinski definition) is 0. The molecule has 0 nitrogen and oxygen atoms in total. The van der Waals surface area contributed by atoms with Crippen LogP contribution in [0.15, 0.2) is 72.8 Å². The molecule has 0 radical (unpaired) electrons. The average Bonchev–Trinajstić information content (AvgIpc) is 3.19. The molecule has 0 saturated heterocycles. The van der Waals surface area contributed by atoms with E-state index in [-0.39, 0.29) is 41.1 Å². The molecule has 0 aliphatic carbocycles. The summed E-state index contributed by atoms with van der Waals surface area (Å²) in [5.74, 6) is 0. The minimum atomic E-state index is 0. The Morgan fingerprint density at radius 2 is 0.960 bits per heavy atom. The van der Waals surface area contributed by atoms with Crippen LogP contribution in [0.2, 0.25) is 0 Å². The normalized spacial score (nSPS) is 9.36. The summed E-state index contributed by atoms with van der Waals surface area (Å²) < 4.78 is 0. The second-order valence-corrected chi connectivity index (χ2v) is 5.60. The van der Waals surface area contributed by atoms with Gasteiger partial charge in [0.05, 0.1) is 0 Å². The Bertz CT molecular complexity index is 790. The fourth-order valence-corrected chi connectivity index (χ4v) is 3.05. The van der Waals surface area contributed by atoms with Crippen molar-refractivity contribution in [3.8, 4) is 0 Å². The maximum atomic E-state index is 2.21. The summed E-state index contributed by atoms with van der Waals surface area (Å²) in [5.41, 5.74) is 2.92. The van der Waals surface area contributed by atoms with Gasteiger partial charge in [0, 0.05) is 0 Å². The zero-order chi connectivity index (χ0) is 15.4. The van der Waals surface area contributed by atoms with E-state index < -0.39 is 0 Å². The van der Waals surface area contributed by atoms with Crippen LogP contribution in [0, 0.1) is 14.9 Å². The van der Waals surface area contributed by atoms with Gasteiger partial charge in [0.15, 0.2) is 0 Å². The third-order valence-corrected chi connectivity index (χ3v) is 4.30. The maximum absolute atomic E-state index is 2.21. The first-order valence-electron chi connectivity index (χ1n) is 8.10. The van der Waals surface area contributed by atoms with Crippen LogP contribution in [0.5, 0.6) is 0 Å². The van der Waals surface area contributed by atoms with Gasteiger partial charge in [-0.05, 0) is 0 Å². The molecule has 128 valence electrons. The fraction of sp³-hybridized carbons (Fsp3) is 0.167. The van der Waals surface area contributed by atoms with Gasteiger partial charge in [0.25, 0.3) is 0 Å². The zero-order valence-electron chi connectivity index (χ0n) is 15.8. The summed E-state index contributed by atoms with van der Waals surface area (Å²) >= 11 is 0. The van der Waals surface area contributed by atoms with Gasteiger partial charge >= 0.3 is 26.2 Å². The van der Waals surface area contributed by atoms with E-state index in [0.717, 1.165) is 12.8 Å². The maximum Gasteiger partial charge on any atom is 4.00 e. The quantitative estimate of drug-likeness (QED) is 0.310. The van der Waals surface area contributed by atoms with Crippen molar-refractivity contribution in [1.29, 1.82) is 0 Å². The number of hydrogen-bond donors (Lipinski definition) is 0. The first kappa shape index (κ1) is 23.5. The molecule has 0 unspecified atom stereocenters. The standard InChI is InChI=1S/2C11H11.2CH3.Zr/c2*1-2-9-7-8-10-5-3-4-6-11(9)10;;;/h2*3-8H,2H2,1H3;2*1H3;/q4*-1;+4. The van der Waals surface area contributed by atoms with Crippen LogP contribution >= 0.6 is 0 Å². The first-order valence-corrected chi connectivity index (χ1v) is 8.10. The molecule has 0 aromatic heterocycles. The van der Waals surface area contributed by atoms with E-state index in [1.54, 1.807) is 0 Å². The summed E-state index contributed by atoms with van der Waals surface area (Å²) in [6.45, 7) is 4.39. The minimum absolute atomic E-state index is 0. The molecule has 0 saturated carbocycles. The Hall–Kier alpha value is -1.46. The van der Waals surface area contributed by atoms with Gasteiger partial charge in [-0.2, -0.15) is 12.1 Å². The molecule has 4 rings (SSSR count). The van der Waals surface area contributed by atoms with E-state index in [1.165, 1.54) is 32.7 Å². The van der Waals surface area contributed by atoms with Crippen LogP contribution in [0.25, 0.3) is 21.5 Å². The third-order valence-electron chi connectivity index (χ3n) is 4.30. The molecule has 0 aliphatic heterocycles. The van der Waals surface area contributed by atoms with Gasteiger partial charge in [-0.1, -0.05) is 38.8 Å². The molecule has 0 heterocycles. The van der Waals surface area contributed by atoms with E-state index in [4.69, 9.17) is 0 Å². The molecular weight excluding hydrogens is 379 g/mol. The van der Waals surface area contributed by atoms with Crippen LogP contribution in [-0.2, 0) is 39.0 Å². The predicted molar refractivity (Wildman–Crippen MR) is 111 cm³/mol. The van der Waals surface area contributed by atoms with Gasteiger partial charge < -0.3 is 14.9 Å². The Kier molecular flexibility index (Phi) is 10.6. The van der Waals surface area contributed by atoms with Crippen LogP contribution in [0.4, 0.5) is 0 Å². The molecule has 0 fully saturated rings. The largest absolute Gasteiger partial charge is 4.00 e. The topological polar surface area (TPSA) is 0 Å². The first-order chi connectivity index (χ1) is 10.8. The summed E-state index contributed by atoms with van der Waals surface area (Å²) in [7, 11) is 0. The van der Waals surface area contributed by atoms with Gasteiger partial charge in [0.1, 0.15) is 0 Å². The minimum Gasteiger partial charge on any atom is -0.358 e. The van der Waals surface area contributed by atoms with Crippen LogP contribution in [0.1, 0.15) is 25.0 Å². The molecular formula is C24H28Zr. The molecule has 0 atom stereocenters. The van der Waals surface area contributed by atoms with Gasteiger partial charge in [0.2, 0.25) is 0 Å². The van der Waals surface area contributed by atoms with E-state index in [9.17, 15) is 0 Å². The van der Waals surface area contributed by atoms with Crippen molar-refractivity contribution in [1.82, 2.24) is 0 Å². The Morgan fingerprint density at radius 1 is 0.600 bits per heavy atom. The number of rotatable bonds is 2. The smallest absolute Gasteiger partial charge is 0.358 e. The summed E-state index contributed by atoms with van der Waals surface area (Å²) in [4.78, 5) is 0. The molecule has 0 aliphatic rings. The number of benzene rings is 2. The Balaban J connectivity index is 0.000000411. The van der Waals surface area contributed by atoms with Crippen molar-refractivity contribution in [2.75, 3.05) is 0 Å². The molecule has 4 aromatic carbocycles. The molecule has 1 heteroatoms. The van der Waals surface area contributed by atoms with Crippen molar-refractivity contribution >= 4 is 21.5 Å². The SMILES string of the molecule is CC[c-]1ccc2ccccc21.CC[c-]1ccc2ccccc21.[CH3-].[CH3-].[Zr+4]. The Labute approximate surface area is 172 Å². The van der Waals surface area contributed by atoms with E-state index >= 15 is 0 Å². The van der Waals surface area contributed by atoms with E-state index in [1.807, 2.05) is 0 Å². The monoisotopic (exact) mass is 406 g/mol. The fourth-order valence-electron chi connectivity index (χ4n) is 3.05. The molecule has 0 amide bonds. The molecule has 0 bridgehead atoms. The summed E-state index contributed by atoms with van der Waals surface area (Å²) in [6.07, 6.45) is 2.26. The van der Waals surface area contributed by atoms with Crippen LogP contribution < -0.4 is 0 Å². The van der Waals surface area contributed by atoms with Crippen molar-refractivity contribution < 1.29 is 26.2 Å². The molecule has 25 heavy (non-hydrogen) atoms. The van der Waals surface area contributed by atoms with Crippen molar-refractivity contribution in [3.63, 3.8) is 0 Å². The summed E-state index contributed by atoms with van der Waals surface area (Å²) in [6, 6.07) is 25.9. The molecule has 0 spiro atoms. The molecule has 4 aromatic rings. The van der Waals surface area contributed by atoms with Crippen molar-refractivity contribution in [3.05, 3.63) is 98.8 Å². The Morgan fingerprint density at radius 3 is 1.32 bits per heavy atom. The van der Waals surface area contributed by atoms with Crippen molar-refractivity contribution in [2.24, 2.45) is 0 Å². The van der Waals surface area contributed by atoms with E-state index in [0.29, 0.717) is 0 Å². The van der Waals surface area contributed by atoms with Crippen LogP contribution in [-0.4, -0.2) is 0 Å². The summed E-state index contributed by atoms with van der Waals surface area (Å²) in [5, 5.41) is 5.55. The van der Waals surface area contributed by atoms with Crippen LogP contribution in [0.3, 0.4) is 0 Å². The zero-order valence-corrected chi connectivity index (χ0v) is 18.3. The molecule has 0 N–H and O–H groups in total. The average molecular weight is 408 g/mol. The number of fused-ring (bicyclic) bond motifs is 2. The second kappa shape index (κ2) is 11.2. The second-order valence-electron chi connectivity index (χ2n) is 5.60. The third kappa shape index (κ3) is 5.26. The van der Waals surface area contributed by atoms with Gasteiger partial charge in [-0.15, -0.1) is 81.2 Å². The predicted octanol–water partition coefficient (Wildman–Crippen LogP) is 7.14. The number of aryl methyl sites for hydroxylation is 2. The van der Waals surface area contributed by atoms with Crippen molar-refractivity contribution in [2.45, 2.75) is 26.7 Å². The van der Waals surface area contributed by atoms with E-state index in [2.05, 4.69) is 86.6 Å². The van der Waals surface area contributed by atoms with Gasteiger partial charge in [-0.3, -0.25) is 0 Å².